The number of carbonyl (C=O) groups is 1. The van der Waals surface area contributed by atoms with E-state index in [4.69, 9.17) is 5.73 Å². The van der Waals surface area contributed by atoms with Gasteiger partial charge >= 0.3 is 0 Å². The van der Waals surface area contributed by atoms with Gasteiger partial charge < -0.3 is 20.7 Å². The number of primary amides is 1. The van der Waals surface area contributed by atoms with Gasteiger partial charge in [0.15, 0.2) is 0 Å². The van der Waals surface area contributed by atoms with Crippen molar-refractivity contribution in [3.8, 4) is 0 Å². The topological polar surface area (TPSA) is 93.2 Å². The largest absolute Gasteiger partial charge is 0.390 e. The third kappa shape index (κ3) is 1.66. The summed E-state index contributed by atoms with van der Waals surface area (Å²) >= 11 is 0. The number of pyridine rings is 1. The van der Waals surface area contributed by atoms with Crippen molar-refractivity contribution < 1.29 is 9.90 Å². The molecule has 1 aliphatic heterocycles. The van der Waals surface area contributed by atoms with Crippen molar-refractivity contribution in [3.05, 3.63) is 30.1 Å². The van der Waals surface area contributed by atoms with Gasteiger partial charge in [-0.25, -0.2) is 4.98 Å². The predicted molar refractivity (Wildman–Crippen MR) is 66.2 cm³/mol. The first-order valence-corrected chi connectivity index (χ1v) is 5.83. The predicted octanol–water partition coefficient (Wildman–Crippen LogP) is -0.360. The van der Waals surface area contributed by atoms with Crippen LogP contribution in [0, 0.1) is 0 Å². The monoisotopic (exact) mass is 246 g/mol. The van der Waals surface area contributed by atoms with Crippen LogP contribution in [0.25, 0.3) is 11.0 Å². The number of rotatable bonds is 2. The Hall–Kier alpha value is -1.92. The van der Waals surface area contributed by atoms with Gasteiger partial charge in [-0.2, -0.15) is 0 Å². The van der Waals surface area contributed by atoms with E-state index in [1.807, 2.05) is 22.9 Å². The third-order valence-electron chi connectivity index (χ3n) is 3.33. The number of aliphatic hydroxyl groups excluding tert-OH is 1. The zero-order valence-corrected chi connectivity index (χ0v) is 9.71. The Balaban J connectivity index is 2.11. The van der Waals surface area contributed by atoms with Gasteiger partial charge in [0, 0.05) is 24.7 Å². The molecule has 4 N–H and O–H groups in total. The molecule has 0 unspecified atom stereocenters. The first kappa shape index (κ1) is 11.2. The highest BCUT2D eigenvalue weighted by atomic mass is 16.3. The summed E-state index contributed by atoms with van der Waals surface area (Å²) < 4.78 is 1.90. The SMILES string of the molecule is NC(=O)c1ccc2ccn([C@@H]3CNC[C@H]3O)c2n1. The van der Waals surface area contributed by atoms with Crippen LogP contribution in [0.15, 0.2) is 24.4 Å². The van der Waals surface area contributed by atoms with Crippen molar-refractivity contribution in [1.29, 1.82) is 0 Å². The van der Waals surface area contributed by atoms with E-state index in [9.17, 15) is 9.90 Å². The average Bonchev–Trinajstić information content (AvgIpc) is 2.93. The highest BCUT2D eigenvalue weighted by Crippen LogP contribution is 2.23. The van der Waals surface area contributed by atoms with Crippen molar-refractivity contribution in [3.63, 3.8) is 0 Å². The molecule has 3 heterocycles. The van der Waals surface area contributed by atoms with Crippen LogP contribution in [0.5, 0.6) is 0 Å². The molecule has 0 aromatic carbocycles. The molecule has 1 aliphatic rings. The number of β-amino-alcohol motifs (C(OH)–C–C–N with tert-alkyl or cyclic N) is 1. The summed E-state index contributed by atoms with van der Waals surface area (Å²) in [6.07, 6.45) is 1.43. The highest BCUT2D eigenvalue weighted by molar-refractivity contribution is 5.93. The number of amides is 1. The number of aromatic nitrogens is 2. The minimum Gasteiger partial charge on any atom is -0.390 e. The fraction of sp³-hybridized carbons (Fsp3) is 0.333. The van der Waals surface area contributed by atoms with Gasteiger partial charge in [0.2, 0.25) is 0 Å². The number of aliphatic hydroxyl groups is 1. The first-order chi connectivity index (χ1) is 8.66. The number of hydrogen-bond acceptors (Lipinski definition) is 4. The molecule has 1 saturated heterocycles. The Kier molecular flexibility index (Phi) is 2.53. The fourth-order valence-corrected chi connectivity index (χ4v) is 2.37. The summed E-state index contributed by atoms with van der Waals surface area (Å²) in [7, 11) is 0. The minimum atomic E-state index is -0.547. The van der Waals surface area contributed by atoms with E-state index in [1.165, 1.54) is 0 Å². The lowest BCUT2D eigenvalue weighted by molar-refractivity contribution is 0.0996. The van der Waals surface area contributed by atoms with Gasteiger partial charge in [-0.1, -0.05) is 0 Å². The van der Waals surface area contributed by atoms with Crippen LogP contribution in [-0.4, -0.2) is 39.8 Å². The smallest absolute Gasteiger partial charge is 0.267 e. The normalized spacial score (nSPS) is 23.6. The van der Waals surface area contributed by atoms with Crippen molar-refractivity contribution in [2.24, 2.45) is 5.73 Å². The second-order valence-electron chi connectivity index (χ2n) is 4.49. The van der Waals surface area contributed by atoms with Crippen LogP contribution in [0.3, 0.4) is 0 Å². The van der Waals surface area contributed by atoms with Crippen molar-refractivity contribution in [1.82, 2.24) is 14.9 Å². The van der Waals surface area contributed by atoms with Crippen LogP contribution in [0.1, 0.15) is 16.5 Å². The summed E-state index contributed by atoms with van der Waals surface area (Å²) in [5.41, 5.74) is 6.15. The van der Waals surface area contributed by atoms with E-state index in [0.29, 0.717) is 18.7 Å². The zero-order valence-electron chi connectivity index (χ0n) is 9.71. The van der Waals surface area contributed by atoms with Gasteiger partial charge in [0.25, 0.3) is 5.91 Å². The quantitative estimate of drug-likeness (QED) is 0.674. The van der Waals surface area contributed by atoms with E-state index in [0.717, 1.165) is 5.39 Å². The summed E-state index contributed by atoms with van der Waals surface area (Å²) in [4.78, 5) is 15.4. The van der Waals surface area contributed by atoms with Gasteiger partial charge in [-0.3, -0.25) is 4.79 Å². The van der Waals surface area contributed by atoms with Crippen LogP contribution in [-0.2, 0) is 0 Å². The number of nitrogens with zero attached hydrogens (tertiary/aromatic N) is 2. The molecule has 0 saturated carbocycles. The Morgan fingerprint density at radius 3 is 2.94 bits per heavy atom. The Morgan fingerprint density at radius 1 is 1.44 bits per heavy atom. The van der Waals surface area contributed by atoms with Crippen LogP contribution < -0.4 is 11.1 Å². The highest BCUT2D eigenvalue weighted by Gasteiger charge is 2.27. The Labute approximate surface area is 103 Å². The average molecular weight is 246 g/mol. The molecule has 18 heavy (non-hydrogen) atoms. The lowest BCUT2D eigenvalue weighted by Crippen LogP contribution is -2.22. The molecule has 0 aliphatic carbocycles. The number of nitrogens with two attached hydrogens (primary N) is 1. The molecule has 94 valence electrons. The van der Waals surface area contributed by atoms with Gasteiger partial charge in [-0.05, 0) is 18.2 Å². The number of carbonyl (C=O) groups excluding carboxylic acids is 1. The van der Waals surface area contributed by atoms with E-state index in [2.05, 4.69) is 10.3 Å². The molecular weight excluding hydrogens is 232 g/mol. The lowest BCUT2D eigenvalue weighted by Gasteiger charge is -2.16. The van der Waals surface area contributed by atoms with Crippen molar-refractivity contribution in [2.75, 3.05) is 13.1 Å². The fourth-order valence-electron chi connectivity index (χ4n) is 2.37. The van der Waals surface area contributed by atoms with Gasteiger partial charge in [-0.15, -0.1) is 0 Å². The Morgan fingerprint density at radius 2 is 2.28 bits per heavy atom. The Bertz CT molecular complexity index is 607. The summed E-state index contributed by atoms with van der Waals surface area (Å²) in [6, 6.07) is 5.28. The lowest BCUT2D eigenvalue weighted by atomic mass is 10.2. The maximum atomic E-state index is 11.2. The van der Waals surface area contributed by atoms with Crippen molar-refractivity contribution >= 4 is 16.9 Å². The number of nitrogens with one attached hydrogen (secondary N) is 1. The molecule has 3 rings (SSSR count). The second-order valence-corrected chi connectivity index (χ2v) is 4.49. The summed E-state index contributed by atoms with van der Waals surface area (Å²) in [5, 5.41) is 13.9. The maximum Gasteiger partial charge on any atom is 0.267 e. The summed E-state index contributed by atoms with van der Waals surface area (Å²) in [6.45, 7) is 1.26. The standard InChI is InChI=1S/C12H14N4O2/c13-11(18)8-2-1-7-3-4-16(12(7)15-8)9-5-14-6-10(9)17/h1-4,9-10,14,17H,5-6H2,(H2,13,18)/t9-,10-/m1/s1. The van der Waals surface area contributed by atoms with E-state index < -0.39 is 12.0 Å². The van der Waals surface area contributed by atoms with Crippen LogP contribution in [0.2, 0.25) is 0 Å². The molecule has 0 radical (unpaired) electrons. The molecule has 0 spiro atoms. The molecule has 2 atom stereocenters. The van der Waals surface area contributed by atoms with Crippen molar-refractivity contribution in [2.45, 2.75) is 12.1 Å². The second kappa shape index (κ2) is 4.08. The molecule has 6 nitrogen and oxygen atoms in total. The van der Waals surface area contributed by atoms with Gasteiger partial charge in [0.1, 0.15) is 11.3 Å². The molecular formula is C12H14N4O2. The molecule has 2 aromatic heterocycles. The van der Waals surface area contributed by atoms with E-state index in [-0.39, 0.29) is 11.7 Å². The third-order valence-corrected chi connectivity index (χ3v) is 3.33. The minimum absolute atomic E-state index is 0.0573. The summed E-state index contributed by atoms with van der Waals surface area (Å²) in [5.74, 6) is -0.547. The maximum absolute atomic E-state index is 11.2. The number of fused-ring (bicyclic) bond motifs is 1. The van der Waals surface area contributed by atoms with E-state index in [1.54, 1.807) is 6.07 Å². The molecule has 2 aromatic rings. The van der Waals surface area contributed by atoms with Crippen LogP contribution >= 0.6 is 0 Å². The number of hydrogen-bond donors (Lipinski definition) is 3. The molecule has 1 amide bonds. The molecule has 1 fully saturated rings. The zero-order chi connectivity index (χ0) is 12.7. The molecule has 6 heteroatoms. The molecule has 0 bridgehead atoms. The first-order valence-electron chi connectivity index (χ1n) is 5.83. The van der Waals surface area contributed by atoms with Crippen LogP contribution in [0.4, 0.5) is 0 Å². The van der Waals surface area contributed by atoms with Gasteiger partial charge in [0.05, 0.1) is 12.1 Å². The van der Waals surface area contributed by atoms with E-state index >= 15 is 0 Å².